The van der Waals surface area contributed by atoms with Gasteiger partial charge in [0.05, 0.1) is 18.1 Å². The smallest absolute Gasteiger partial charge is 0.339 e. The van der Waals surface area contributed by atoms with E-state index >= 15 is 0 Å². The first-order valence-electron chi connectivity index (χ1n) is 6.29. The lowest BCUT2D eigenvalue weighted by atomic mass is 10.1. The number of anilines is 1. The number of carbonyl (C=O) groups excluding carboxylic acids is 2. The van der Waals surface area contributed by atoms with E-state index in [1.165, 1.54) is 6.20 Å². The number of hydrogen-bond donors (Lipinski definition) is 1. The molecule has 6 heteroatoms. The Balaban J connectivity index is 2.03. The minimum absolute atomic E-state index is 0.119. The van der Waals surface area contributed by atoms with Crippen molar-refractivity contribution in [2.24, 2.45) is 11.7 Å². The summed E-state index contributed by atoms with van der Waals surface area (Å²) in [5, 5.41) is 0. The van der Waals surface area contributed by atoms with Crippen LogP contribution in [-0.4, -0.2) is 36.6 Å². The molecular weight excluding hydrogens is 246 g/mol. The number of rotatable bonds is 4. The zero-order valence-electron chi connectivity index (χ0n) is 10.8. The van der Waals surface area contributed by atoms with Crippen LogP contribution in [0.5, 0.6) is 0 Å². The van der Waals surface area contributed by atoms with E-state index in [-0.39, 0.29) is 17.8 Å². The molecule has 0 aromatic carbocycles. The number of esters is 1. The minimum Gasteiger partial charge on any atom is -0.462 e. The highest BCUT2D eigenvalue weighted by atomic mass is 16.5. The molecule has 1 aliphatic heterocycles. The van der Waals surface area contributed by atoms with Crippen molar-refractivity contribution >= 4 is 17.7 Å². The first kappa shape index (κ1) is 13.3. The second-order valence-electron chi connectivity index (χ2n) is 4.46. The van der Waals surface area contributed by atoms with Crippen LogP contribution in [0.4, 0.5) is 5.82 Å². The molecule has 2 heterocycles. The fraction of sp³-hybridized carbons (Fsp3) is 0.462. The third-order valence-corrected chi connectivity index (χ3v) is 3.17. The van der Waals surface area contributed by atoms with Crippen molar-refractivity contribution in [2.45, 2.75) is 13.3 Å². The Morgan fingerprint density at radius 3 is 2.84 bits per heavy atom. The summed E-state index contributed by atoms with van der Waals surface area (Å²) in [4.78, 5) is 28.8. The highest BCUT2D eigenvalue weighted by Crippen LogP contribution is 2.22. The summed E-state index contributed by atoms with van der Waals surface area (Å²) in [6.45, 7) is 3.43. The molecule has 1 fully saturated rings. The number of hydrogen-bond acceptors (Lipinski definition) is 5. The van der Waals surface area contributed by atoms with Crippen LogP contribution in [0.2, 0.25) is 0 Å². The Kier molecular flexibility index (Phi) is 3.99. The maximum absolute atomic E-state index is 11.5. The van der Waals surface area contributed by atoms with E-state index in [0.717, 1.165) is 18.8 Å². The molecule has 1 aromatic heterocycles. The van der Waals surface area contributed by atoms with Gasteiger partial charge in [0.2, 0.25) is 5.91 Å². The fourth-order valence-corrected chi connectivity index (χ4v) is 2.11. The molecule has 0 bridgehead atoms. The van der Waals surface area contributed by atoms with Gasteiger partial charge in [-0.2, -0.15) is 0 Å². The van der Waals surface area contributed by atoms with Crippen molar-refractivity contribution in [3.63, 3.8) is 0 Å². The van der Waals surface area contributed by atoms with Gasteiger partial charge in [-0.05, 0) is 25.5 Å². The third kappa shape index (κ3) is 3.01. The average Bonchev–Trinajstić information content (AvgIpc) is 2.89. The molecule has 102 valence electrons. The zero-order chi connectivity index (χ0) is 13.8. The summed E-state index contributed by atoms with van der Waals surface area (Å²) in [6.07, 6.45) is 2.24. The van der Waals surface area contributed by atoms with Crippen LogP contribution >= 0.6 is 0 Å². The molecule has 2 rings (SSSR count). The van der Waals surface area contributed by atoms with Crippen LogP contribution in [0.1, 0.15) is 23.7 Å². The summed E-state index contributed by atoms with van der Waals surface area (Å²) in [5.74, 6) is -0.0213. The Bertz CT molecular complexity index is 473. The van der Waals surface area contributed by atoms with Gasteiger partial charge in [-0.1, -0.05) is 0 Å². The van der Waals surface area contributed by atoms with E-state index in [2.05, 4.69) is 4.98 Å². The quantitative estimate of drug-likeness (QED) is 0.803. The molecule has 6 nitrogen and oxygen atoms in total. The summed E-state index contributed by atoms with van der Waals surface area (Å²) >= 11 is 0. The van der Waals surface area contributed by atoms with Gasteiger partial charge in [0.15, 0.2) is 0 Å². The number of nitrogens with two attached hydrogens (primary N) is 1. The van der Waals surface area contributed by atoms with Crippen LogP contribution in [0.15, 0.2) is 18.3 Å². The van der Waals surface area contributed by atoms with Crippen LogP contribution < -0.4 is 10.6 Å². The molecule has 0 radical (unpaired) electrons. The summed E-state index contributed by atoms with van der Waals surface area (Å²) in [7, 11) is 0. The lowest BCUT2D eigenvalue weighted by Gasteiger charge is -2.16. The van der Waals surface area contributed by atoms with Gasteiger partial charge in [-0.15, -0.1) is 0 Å². The number of carbonyl (C=O) groups is 2. The van der Waals surface area contributed by atoms with Gasteiger partial charge in [-0.25, -0.2) is 9.78 Å². The number of aromatic nitrogens is 1. The van der Waals surface area contributed by atoms with Crippen molar-refractivity contribution in [2.75, 3.05) is 24.6 Å². The number of amides is 1. The van der Waals surface area contributed by atoms with E-state index < -0.39 is 0 Å². The molecule has 0 aliphatic carbocycles. The zero-order valence-corrected chi connectivity index (χ0v) is 10.8. The van der Waals surface area contributed by atoms with Crippen molar-refractivity contribution in [1.29, 1.82) is 0 Å². The molecule has 0 spiro atoms. The van der Waals surface area contributed by atoms with Crippen LogP contribution in [0, 0.1) is 5.92 Å². The Morgan fingerprint density at radius 1 is 1.53 bits per heavy atom. The maximum atomic E-state index is 11.5. The number of nitrogens with zero attached hydrogens (tertiary/aromatic N) is 2. The summed E-state index contributed by atoms with van der Waals surface area (Å²) in [5.41, 5.74) is 5.72. The van der Waals surface area contributed by atoms with Crippen molar-refractivity contribution < 1.29 is 14.3 Å². The normalized spacial score (nSPS) is 18.4. The standard InChI is InChI=1S/C13H17N3O3/c1-2-19-13(18)9-3-4-11(15-7-9)16-6-5-10(8-16)12(14)17/h3-4,7,10H,2,5-6,8H2,1H3,(H2,14,17). The summed E-state index contributed by atoms with van der Waals surface area (Å²) < 4.78 is 4.89. The number of ether oxygens (including phenoxy) is 1. The lowest BCUT2D eigenvalue weighted by Crippen LogP contribution is -2.27. The van der Waals surface area contributed by atoms with Gasteiger partial charge in [0.25, 0.3) is 0 Å². The van der Waals surface area contributed by atoms with Gasteiger partial charge >= 0.3 is 5.97 Å². The minimum atomic E-state index is -0.377. The molecule has 1 amide bonds. The van der Waals surface area contributed by atoms with Gasteiger partial charge < -0.3 is 15.4 Å². The van der Waals surface area contributed by atoms with Crippen molar-refractivity contribution in [3.05, 3.63) is 23.9 Å². The van der Waals surface area contributed by atoms with Crippen molar-refractivity contribution in [3.8, 4) is 0 Å². The molecule has 1 saturated heterocycles. The largest absolute Gasteiger partial charge is 0.462 e. The predicted octanol–water partition coefficient (Wildman–Crippen LogP) is 0.570. The Hall–Kier alpha value is -2.11. The van der Waals surface area contributed by atoms with E-state index in [9.17, 15) is 9.59 Å². The highest BCUT2D eigenvalue weighted by Gasteiger charge is 2.27. The molecule has 1 unspecified atom stereocenters. The van der Waals surface area contributed by atoms with E-state index in [1.807, 2.05) is 4.90 Å². The SMILES string of the molecule is CCOC(=O)c1ccc(N2CCC(C(N)=O)C2)nc1. The van der Waals surface area contributed by atoms with Crippen LogP contribution in [0.3, 0.4) is 0 Å². The molecule has 0 saturated carbocycles. The second kappa shape index (κ2) is 5.69. The first-order valence-corrected chi connectivity index (χ1v) is 6.29. The Labute approximate surface area is 111 Å². The molecule has 19 heavy (non-hydrogen) atoms. The molecular formula is C13H17N3O3. The second-order valence-corrected chi connectivity index (χ2v) is 4.46. The first-order chi connectivity index (χ1) is 9.11. The average molecular weight is 263 g/mol. The van der Waals surface area contributed by atoms with Gasteiger partial charge in [-0.3, -0.25) is 4.79 Å². The van der Waals surface area contributed by atoms with E-state index in [0.29, 0.717) is 18.7 Å². The van der Waals surface area contributed by atoms with Gasteiger partial charge in [0, 0.05) is 19.3 Å². The third-order valence-electron chi connectivity index (χ3n) is 3.17. The molecule has 1 aromatic rings. The van der Waals surface area contributed by atoms with Crippen LogP contribution in [0.25, 0.3) is 0 Å². The molecule has 2 N–H and O–H groups in total. The highest BCUT2D eigenvalue weighted by molar-refractivity contribution is 5.89. The topological polar surface area (TPSA) is 85.5 Å². The van der Waals surface area contributed by atoms with Gasteiger partial charge in [0.1, 0.15) is 5.82 Å². The summed E-state index contributed by atoms with van der Waals surface area (Å²) in [6, 6.07) is 3.44. The lowest BCUT2D eigenvalue weighted by molar-refractivity contribution is -0.121. The van der Waals surface area contributed by atoms with Crippen LogP contribution in [-0.2, 0) is 9.53 Å². The number of pyridine rings is 1. The fourth-order valence-electron chi connectivity index (χ4n) is 2.11. The van der Waals surface area contributed by atoms with E-state index in [1.54, 1.807) is 19.1 Å². The number of primary amides is 1. The van der Waals surface area contributed by atoms with E-state index in [4.69, 9.17) is 10.5 Å². The predicted molar refractivity (Wildman–Crippen MR) is 69.7 cm³/mol. The molecule has 1 atom stereocenters. The van der Waals surface area contributed by atoms with Crippen molar-refractivity contribution in [1.82, 2.24) is 4.98 Å². The monoisotopic (exact) mass is 263 g/mol. The maximum Gasteiger partial charge on any atom is 0.339 e. The molecule has 1 aliphatic rings. The Morgan fingerprint density at radius 2 is 2.32 bits per heavy atom.